The van der Waals surface area contributed by atoms with E-state index in [9.17, 15) is 14.9 Å². The van der Waals surface area contributed by atoms with Crippen molar-refractivity contribution in [1.29, 1.82) is 5.26 Å². The molecule has 2 aromatic carbocycles. The van der Waals surface area contributed by atoms with Crippen LogP contribution in [0.1, 0.15) is 35.6 Å². The van der Waals surface area contributed by atoms with Gasteiger partial charge in [-0.05, 0) is 68.3 Å². The molecule has 5 rings (SSSR count). The SMILES string of the molecule is Cn1c(CN2CN(c3ccc(Oc4ccccc4)cc3)CC2=O)cc2cnc(C(=O)N[C@H](C#N)CCCCN)nc21. The Kier molecular flexibility index (Phi) is 8.41. The minimum absolute atomic E-state index is 0.00700. The molecule has 1 atom stereocenters. The van der Waals surface area contributed by atoms with Gasteiger partial charge in [0.05, 0.1) is 25.8 Å². The molecule has 0 spiro atoms. The van der Waals surface area contributed by atoms with Crippen LogP contribution in [0.4, 0.5) is 5.69 Å². The van der Waals surface area contributed by atoms with Crippen LogP contribution in [0.15, 0.2) is 66.9 Å². The van der Waals surface area contributed by atoms with E-state index < -0.39 is 11.9 Å². The zero-order valence-electron chi connectivity index (χ0n) is 22.9. The van der Waals surface area contributed by atoms with Gasteiger partial charge in [0.25, 0.3) is 5.91 Å². The van der Waals surface area contributed by atoms with Crippen LogP contribution in [0.5, 0.6) is 11.5 Å². The largest absolute Gasteiger partial charge is 0.457 e. The highest BCUT2D eigenvalue weighted by molar-refractivity contribution is 5.93. The number of nitriles is 1. The topological polar surface area (TPSA) is 142 Å². The number of nitrogens with zero attached hydrogens (tertiary/aromatic N) is 6. The molecule has 11 nitrogen and oxygen atoms in total. The normalized spacial score (nSPS) is 13.8. The summed E-state index contributed by atoms with van der Waals surface area (Å²) in [5, 5.41) is 12.8. The highest BCUT2D eigenvalue weighted by Crippen LogP contribution is 2.27. The monoisotopic (exact) mass is 552 g/mol. The van der Waals surface area contributed by atoms with Crippen molar-refractivity contribution >= 4 is 28.5 Å². The quantitative estimate of drug-likeness (QED) is 0.270. The van der Waals surface area contributed by atoms with Crippen molar-refractivity contribution in [3.8, 4) is 17.6 Å². The molecule has 0 bridgehead atoms. The number of nitrogens with two attached hydrogens (primary N) is 1. The summed E-state index contributed by atoms with van der Waals surface area (Å²) in [6.07, 6.45) is 3.64. The molecule has 3 N–H and O–H groups in total. The lowest BCUT2D eigenvalue weighted by molar-refractivity contribution is -0.127. The maximum absolute atomic E-state index is 12.9. The lowest BCUT2D eigenvalue weighted by atomic mass is 10.1. The van der Waals surface area contributed by atoms with Gasteiger partial charge in [-0.1, -0.05) is 18.2 Å². The average Bonchev–Trinajstić information content (AvgIpc) is 3.51. The van der Waals surface area contributed by atoms with E-state index in [1.807, 2.05) is 77.2 Å². The Morgan fingerprint density at radius 1 is 1.15 bits per heavy atom. The summed E-state index contributed by atoms with van der Waals surface area (Å²) in [7, 11) is 1.85. The maximum atomic E-state index is 12.9. The Bertz CT molecular complexity index is 1560. The molecule has 1 fully saturated rings. The third-order valence-corrected chi connectivity index (χ3v) is 7.03. The Morgan fingerprint density at radius 2 is 1.90 bits per heavy atom. The number of hydrogen-bond donors (Lipinski definition) is 2. The fourth-order valence-corrected chi connectivity index (χ4v) is 4.77. The van der Waals surface area contributed by atoms with Crippen LogP contribution >= 0.6 is 0 Å². The van der Waals surface area contributed by atoms with Gasteiger partial charge in [-0.25, -0.2) is 9.97 Å². The molecule has 210 valence electrons. The zero-order valence-corrected chi connectivity index (χ0v) is 22.9. The molecule has 1 saturated heterocycles. The Balaban J connectivity index is 1.23. The van der Waals surface area contributed by atoms with Gasteiger partial charge in [-0.15, -0.1) is 0 Å². The average molecular weight is 553 g/mol. The highest BCUT2D eigenvalue weighted by atomic mass is 16.5. The number of para-hydroxylation sites is 1. The van der Waals surface area contributed by atoms with E-state index in [1.54, 1.807) is 11.1 Å². The maximum Gasteiger partial charge on any atom is 0.290 e. The summed E-state index contributed by atoms with van der Waals surface area (Å²) in [5.74, 6) is 0.997. The van der Waals surface area contributed by atoms with Gasteiger partial charge in [-0.3, -0.25) is 9.59 Å². The van der Waals surface area contributed by atoms with E-state index in [1.165, 1.54) is 0 Å². The lowest BCUT2D eigenvalue weighted by Gasteiger charge is -2.20. The van der Waals surface area contributed by atoms with Crippen LogP contribution in [0.25, 0.3) is 11.0 Å². The van der Waals surface area contributed by atoms with Crippen molar-refractivity contribution < 1.29 is 14.3 Å². The predicted molar refractivity (Wildman–Crippen MR) is 154 cm³/mol. The number of aryl methyl sites for hydroxylation is 1. The number of carbonyl (C=O) groups is 2. The third kappa shape index (κ3) is 6.45. The molecule has 11 heteroatoms. The van der Waals surface area contributed by atoms with Crippen LogP contribution in [0.2, 0.25) is 0 Å². The van der Waals surface area contributed by atoms with E-state index in [0.717, 1.165) is 41.1 Å². The Morgan fingerprint density at radius 3 is 2.63 bits per heavy atom. The minimum Gasteiger partial charge on any atom is -0.457 e. The molecule has 0 unspecified atom stereocenters. The van der Waals surface area contributed by atoms with Crippen LogP contribution in [0, 0.1) is 11.3 Å². The van der Waals surface area contributed by atoms with E-state index in [-0.39, 0.29) is 18.3 Å². The summed E-state index contributed by atoms with van der Waals surface area (Å²) in [5.41, 5.74) is 7.89. The van der Waals surface area contributed by atoms with E-state index in [0.29, 0.717) is 31.8 Å². The fourth-order valence-electron chi connectivity index (χ4n) is 4.77. The molecular weight excluding hydrogens is 520 g/mol. The minimum atomic E-state index is -0.631. The first kappa shape index (κ1) is 27.6. The van der Waals surface area contributed by atoms with Crippen molar-refractivity contribution in [2.45, 2.75) is 31.8 Å². The summed E-state index contributed by atoms with van der Waals surface area (Å²) < 4.78 is 7.74. The molecular formula is C30H32N8O3. The summed E-state index contributed by atoms with van der Waals surface area (Å²) in [6, 6.07) is 20.7. The van der Waals surface area contributed by atoms with Gasteiger partial charge in [0.2, 0.25) is 11.7 Å². The molecule has 3 heterocycles. The van der Waals surface area contributed by atoms with Gasteiger partial charge in [0.1, 0.15) is 23.2 Å². The predicted octanol–water partition coefficient (Wildman–Crippen LogP) is 3.32. The molecule has 1 aliphatic heterocycles. The molecule has 2 amide bonds. The number of fused-ring (bicyclic) bond motifs is 1. The number of unbranched alkanes of at least 4 members (excludes halogenated alkanes) is 1. The molecule has 2 aromatic heterocycles. The van der Waals surface area contributed by atoms with Crippen molar-refractivity contribution in [1.82, 2.24) is 24.8 Å². The number of nitrogens with one attached hydrogen (secondary N) is 1. The number of anilines is 1. The number of hydrogen-bond acceptors (Lipinski definition) is 8. The summed E-state index contributed by atoms with van der Waals surface area (Å²) in [6.45, 7) is 1.65. The number of ether oxygens (including phenoxy) is 1. The van der Waals surface area contributed by atoms with Crippen LogP contribution in [-0.4, -0.2) is 57.0 Å². The van der Waals surface area contributed by atoms with Gasteiger partial charge >= 0.3 is 0 Å². The summed E-state index contributed by atoms with van der Waals surface area (Å²) in [4.78, 5) is 38.1. The van der Waals surface area contributed by atoms with Crippen molar-refractivity contribution in [2.24, 2.45) is 12.8 Å². The van der Waals surface area contributed by atoms with E-state index in [2.05, 4.69) is 21.4 Å². The second kappa shape index (κ2) is 12.5. The molecule has 1 aliphatic rings. The number of benzene rings is 2. The van der Waals surface area contributed by atoms with Gasteiger partial charge in [0, 0.05) is 30.0 Å². The Labute approximate surface area is 238 Å². The van der Waals surface area contributed by atoms with Crippen LogP contribution in [-0.2, 0) is 18.4 Å². The van der Waals surface area contributed by atoms with E-state index in [4.69, 9.17) is 10.5 Å². The van der Waals surface area contributed by atoms with Gasteiger partial charge in [-0.2, -0.15) is 5.26 Å². The smallest absolute Gasteiger partial charge is 0.290 e. The highest BCUT2D eigenvalue weighted by Gasteiger charge is 2.29. The molecule has 41 heavy (non-hydrogen) atoms. The number of aromatic nitrogens is 3. The molecule has 4 aromatic rings. The zero-order chi connectivity index (χ0) is 28.8. The fraction of sp³-hybridized carbons (Fsp3) is 0.300. The summed E-state index contributed by atoms with van der Waals surface area (Å²) >= 11 is 0. The second-order valence-electron chi connectivity index (χ2n) is 9.95. The third-order valence-electron chi connectivity index (χ3n) is 7.03. The van der Waals surface area contributed by atoms with Gasteiger partial charge in [0.15, 0.2) is 0 Å². The van der Waals surface area contributed by atoms with E-state index >= 15 is 0 Å². The first-order valence-corrected chi connectivity index (χ1v) is 13.5. The second-order valence-corrected chi connectivity index (χ2v) is 9.95. The van der Waals surface area contributed by atoms with Gasteiger partial charge < -0.3 is 30.2 Å². The molecule has 0 radical (unpaired) electrons. The first-order chi connectivity index (χ1) is 19.9. The first-order valence-electron chi connectivity index (χ1n) is 13.5. The van der Waals surface area contributed by atoms with Crippen LogP contribution < -0.4 is 20.7 Å². The Hall–Kier alpha value is -4.95. The number of rotatable bonds is 11. The van der Waals surface area contributed by atoms with Crippen LogP contribution in [0.3, 0.4) is 0 Å². The number of carbonyl (C=O) groups excluding carboxylic acids is 2. The standard InChI is InChI=1S/C30H32N8O3/c1-36-24(15-21-17-33-28(35-29(21)36)30(40)34-22(16-32)7-5-6-14-31)18-38-20-37(19-27(38)39)23-10-12-26(13-11-23)41-25-8-3-2-4-9-25/h2-4,8-13,15,17,22H,5-7,14,18-20,31H2,1H3,(H,34,40)/t22-/m0/s1. The lowest BCUT2D eigenvalue weighted by Crippen LogP contribution is -2.35. The van der Waals surface area contributed by atoms with Crippen molar-refractivity contribution in [3.05, 3.63) is 78.4 Å². The number of amides is 2. The molecule has 0 aliphatic carbocycles. The van der Waals surface area contributed by atoms with Crippen molar-refractivity contribution in [3.63, 3.8) is 0 Å². The van der Waals surface area contributed by atoms with Crippen molar-refractivity contribution in [2.75, 3.05) is 24.7 Å². The molecule has 0 saturated carbocycles.